The van der Waals surface area contributed by atoms with Gasteiger partial charge in [0.1, 0.15) is 23.0 Å². The zero-order valence-electron chi connectivity index (χ0n) is 49.5. The molecule has 0 saturated carbocycles. The molecular formula is C64H101CaO7P. The van der Waals surface area contributed by atoms with Gasteiger partial charge >= 0.3 is 46.0 Å². The first-order chi connectivity index (χ1) is 32.3. The van der Waals surface area contributed by atoms with Crippen LogP contribution in [0.3, 0.4) is 0 Å². The molecule has 406 valence electrons. The molecule has 0 aliphatic carbocycles. The molecule has 4 aromatic carbocycles. The van der Waals surface area contributed by atoms with Gasteiger partial charge in [-0.1, -0.05) is 215 Å². The van der Waals surface area contributed by atoms with Crippen molar-refractivity contribution in [3.63, 3.8) is 0 Å². The first-order valence-corrected chi connectivity index (χ1v) is 27.9. The van der Waals surface area contributed by atoms with Crippen molar-refractivity contribution in [2.24, 2.45) is 0 Å². The summed E-state index contributed by atoms with van der Waals surface area (Å²) in [7, 11) is -3.17. The second-order valence-electron chi connectivity index (χ2n) is 29.4. The van der Waals surface area contributed by atoms with Gasteiger partial charge in [0.2, 0.25) is 0 Å². The third kappa shape index (κ3) is 17.2. The van der Waals surface area contributed by atoms with Crippen molar-refractivity contribution in [3.05, 3.63) is 115 Å². The van der Waals surface area contributed by atoms with Gasteiger partial charge in [-0.25, -0.2) is 0 Å². The van der Waals surface area contributed by atoms with Gasteiger partial charge in [0.15, 0.2) is 0 Å². The summed E-state index contributed by atoms with van der Waals surface area (Å²) in [5, 5.41) is 46.6. The van der Waals surface area contributed by atoms with Crippen LogP contribution in [0.5, 0.6) is 23.0 Å². The van der Waals surface area contributed by atoms with Gasteiger partial charge < -0.3 is 29.5 Å². The minimum absolute atomic E-state index is 0. The Hall–Kier alpha value is -2.51. The van der Waals surface area contributed by atoms with Gasteiger partial charge in [-0.3, -0.25) is 4.57 Å². The van der Waals surface area contributed by atoms with E-state index in [2.05, 4.69) is 215 Å². The van der Waals surface area contributed by atoms with E-state index in [1.165, 1.54) is 0 Å². The quantitative estimate of drug-likeness (QED) is 0.0734. The van der Waals surface area contributed by atoms with Crippen molar-refractivity contribution in [1.82, 2.24) is 0 Å². The minimum atomic E-state index is -3.17. The van der Waals surface area contributed by atoms with Crippen LogP contribution >= 0.6 is 8.25 Å². The molecule has 2 unspecified atom stereocenters. The number of rotatable bonds is 14. The molecule has 0 radical (unpaired) electrons. The van der Waals surface area contributed by atoms with Gasteiger partial charge in [-0.05, 0) is 149 Å². The molecule has 0 fully saturated rings. The molecule has 4 aromatic rings. The predicted octanol–water partition coefficient (Wildman–Crippen LogP) is 16.2. The van der Waals surface area contributed by atoms with Crippen molar-refractivity contribution in [3.8, 4) is 23.0 Å². The Labute approximate surface area is 475 Å². The second kappa shape index (κ2) is 23.2. The average molecular weight is 1050 g/mol. The van der Waals surface area contributed by atoms with E-state index in [9.17, 15) is 25.0 Å². The summed E-state index contributed by atoms with van der Waals surface area (Å²) in [6.45, 7) is 50.8. The number of hydrogen-bond donors (Lipinski definition) is 4. The van der Waals surface area contributed by atoms with Crippen molar-refractivity contribution < 1.29 is 34.0 Å². The first-order valence-electron chi connectivity index (χ1n) is 26.6. The maximum absolute atomic E-state index is 14.9. The number of aromatic hydroxyl groups is 4. The van der Waals surface area contributed by atoms with E-state index in [4.69, 9.17) is 9.05 Å². The van der Waals surface area contributed by atoms with Crippen LogP contribution in [0.2, 0.25) is 0 Å². The predicted molar refractivity (Wildman–Crippen MR) is 313 cm³/mol. The van der Waals surface area contributed by atoms with Crippen LogP contribution in [0.1, 0.15) is 246 Å². The molecule has 4 N–H and O–H groups in total. The molecule has 0 amide bonds. The van der Waals surface area contributed by atoms with Gasteiger partial charge in [0, 0.05) is 0 Å². The number of hydrogen-bond acceptors (Lipinski definition) is 7. The number of phenolic OH excluding ortho intramolecular Hbond substituents is 4. The molecular weight excluding hydrogens is 952 g/mol. The van der Waals surface area contributed by atoms with Gasteiger partial charge in [0.05, 0.1) is 12.2 Å². The summed E-state index contributed by atoms with van der Waals surface area (Å²) in [5.41, 5.74) is 8.52. The molecule has 0 aromatic heterocycles. The molecule has 0 saturated heterocycles. The SMILES string of the molecule is CC(C)(C)c1cc(CCC(Cc2cc(C(C)(C)C)c(O)c(C(C)(C)C)c2)O[PH](=O)OC(CCc2cc(C(C)(C)C)c(O)c(C(C)(C)C)c2)Cc2cc(C(C)(C)C)c(O)c(C(C)(C)C)c2)cc(C(C)(C)C)c1O.[CaH2]. The molecule has 7 nitrogen and oxygen atoms in total. The molecule has 73 heavy (non-hydrogen) atoms. The van der Waals surface area contributed by atoms with Crippen molar-refractivity contribution in [2.45, 2.75) is 260 Å². The van der Waals surface area contributed by atoms with Crippen LogP contribution in [0.15, 0.2) is 48.5 Å². The van der Waals surface area contributed by atoms with Gasteiger partial charge in [0.25, 0.3) is 0 Å². The second-order valence-corrected chi connectivity index (χ2v) is 30.3. The summed E-state index contributed by atoms with van der Waals surface area (Å²) in [4.78, 5) is 0. The Morgan fingerprint density at radius 3 is 0.671 bits per heavy atom. The van der Waals surface area contributed by atoms with E-state index in [0.717, 1.165) is 66.8 Å². The fourth-order valence-corrected chi connectivity index (χ4v) is 10.8. The maximum atomic E-state index is 14.9. The third-order valence-electron chi connectivity index (χ3n) is 14.1. The van der Waals surface area contributed by atoms with Crippen LogP contribution in [0, 0.1) is 0 Å². The summed E-state index contributed by atoms with van der Waals surface area (Å²) in [6, 6.07) is 16.8. The van der Waals surface area contributed by atoms with Gasteiger partial charge in [-0.15, -0.1) is 0 Å². The number of phenols is 4. The van der Waals surface area contributed by atoms with Crippen molar-refractivity contribution in [2.75, 3.05) is 0 Å². The standard InChI is InChI=1S/C64H99O7P.Ca.2H/c1-57(2,3)45-31-39(32-46(53(45)65)58(4,5)6)25-27-43(29-41-35-49(61(13,14)15)55(67)50(36-41)62(16,17)18)70-72(69)71-44(30-42-37-51(63(19,20)21)56(68)52(38-42)64(22,23)24)28-26-40-33-47(59(7,8)9)54(66)48(34-40)60(10,11)12;;;/h31-38,43-44,65-68,72H,25-30H2,1-24H3;;;. The van der Waals surface area contributed by atoms with Crippen LogP contribution in [-0.4, -0.2) is 70.4 Å². The van der Waals surface area contributed by atoms with E-state index in [1.807, 2.05) is 0 Å². The van der Waals surface area contributed by atoms with Crippen molar-refractivity contribution >= 4 is 46.0 Å². The Balaban J connectivity index is 0.0000141. The third-order valence-corrected chi connectivity index (χ3v) is 15.2. The van der Waals surface area contributed by atoms with E-state index in [-0.39, 0.29) is 81.1 Å². The van der Waals surface area contributed by atoms with Crippen LogP contribution in [0.25, 0.3) is 0 Å². The van der Waals surface area contributed by atoms with Crippen LogP contribution < -0.4 is 0 Å². The fourth-order valence-electron chi connectivity index (χ4n) is 9.76. The zero-order valence-corrected chi connectivity index (χ0v) is 50.5. The van der Waals surface area contributed by atoms with E-state index in [0.29, 0.717) is 61.5 Å². The Morgan fingerprint density at radius 2 is 0.507 bits per heavy atom. The van der Waals surface area contributed by atoms with Crippen LogP contribution in [0.4, 0.5) is 0 Å². The molecule has 2 atom stereocenters. The average Bonchev–Trinajstić information content (AvgIpc) is 3.17. The molecule has 0 aliphatic heterocycles. The Bertz CT molecular complexity index is 2250. The number of benzene rings is 4. The van der Waals surface area contributed by atoms with E-state index < -0.39 is 20.5 Å². The normalized spacial score (nSPS) is 14.7. The number of aryl methyl sites for hydroxylation is 2. The summed E-state index contributed by atoms with van der Waals surface area (Å²) >= 11 is 0. The topological polar surface area (TPSA) is 116 Å². The molecule has 9 heteroatoms. The van der Waals surface area contributed by atoms with E-state index >= 15 is 0 Å². The summed E-state index contributed by atoms with van der Waals surface area (Å²) in [6.07, 6.45) is 2.10. The Morgan fingerprint density at radius 1 is 0.342 bits per heavy atom. The molecule has 0 bridgehead atoms. The Kier molecular flexibility index (Phi) is 20.6. The molecule has 0 heterocycles. The summed E-state index contributed by atoms with van der Waals surface area (Å²) in [5.74, 6) is 1.28. The van der Waals surface area contributed by atoms with Crippen molar-refractivity contribution in [1.29, 1.82) is 0 Å². The molecule has 0 spiro atoms. The first kappa shape index (κ1) is 64.8. The van der Waals surface area contributed by atoms with Crippen LogP contribution in [-0.2, 0) is 82.6 Å². The fraction of sp³-hybridized carbons (Fsp3) is 0.625. The van der Waals surface area contributed by atoms with E-state index in [1.54, 1.807) is 0 Å². The summed E-state index contributed by atoms with van der Waals surface area (Å²) < 4.78 is 28.4. The molecule has 4 rings (SSSR count). The monoisotopic (exact) mass is 1050 g/mol. The molecule has 0 aliphatic rings. The van der Waals surface area contributed by atoms with Gasteiger partial charge in [-0.2, -0.15) is 0 Å². The zero-order chi connectivity index (χ0) is 55.3.